The van der Waals surface area contributed by atoms with Crippen molar-refractivity contribution in [1.82, 2.24) is 24.5 Å². The lowest BCUT2D eigenvalue weighted by Gasteiger charge is -2.29. The maximum Gasteiger partial charge on any atom is 0.227 e. The molecule has 0 aliphatic heterocycles. The molecule has 1 saturated carbocycles. The Morgan fingerprint density at radius 2 is 2.00 bits per heavy atom. The quantitative estimate of drug-likeness (QED) is 0.530. The zero-order valence-corrected chi connectivity index (χ0v) is 16.3. The van der Waals surface area contributed by atoms with Crippen molar-refractivity contribution in [2.24, 2.45) is 5.73 Å². The molecule has 1 fully saturated rings. The molecule has 0 bridgehead atoms. The zero-order chi connectivity index (χ0) is 19.7. The number of pyridine rings is 1. The number of hydrogen-bond acceptors (Lipinski definition) is 8. The van der Waals surface area contributed by atoms with Gasteiger partial charge in [-0.1, -0.05) is 12.8 Å². The minimum Gasteiger partial charge on any atom is -0.397 e. The second kappa shape index (κ2) is 7.59. The van der Waals surface area contributed by atoms with Crippen molar-refractivity contribution in [1.29, 1.82) is 0 Å². The van der Waals surface area contributed by atoms with Crippen LogP contribution in [0.15, 0.2) is 24.8 Å². The van der Waals surface area contributed by atoms with Crippen molar-refractivity contribution >= 4 is 34.3 Å². The fourth-order valence-electron chi connectivity index (χ4n) is 3.61. The van der Waals surface area contributed by atoms with E-state index in [2.05, 4.69) is 34.4 Å². The van der Waals surface area contributed by atoms with Gasteiger partial charge in [0.05, 0.1) is 23.9 Å². The summed E-state index contributed by atoms with van der Waals surface area (Å²) in [6.45, 7) is 4.20. The maximum absolute atomic E-state index is 6.30. The summed E-state index contributed by atoms with van der Waals surface area (Å²) in [7, 11) is 0. The maximum atomic E-state index is 6.30. The molecule has 28 heavy (non-hydrogen) atoms. The van der Waals surface area contributed by atoms with Crippen LogP contribution in [0.5, 0.6) is 0 Å². The monoisotopic (exact) mass is 381 g/mol. The fraction of sp³-hybridized carbons (Fsp3) is 0.474. The van der Waals surface area contributed by atoms with E-state index in [0.717, 1.165) is 30.6 Å². The van der Waals surface area contributed by atoms with E-state index in [-0.39, 0.29) is 18.1 Å². The van der Waals surface area contributed by atoms with E-state index < -0.39 is 0 Å². The van der Waals surface area contributed by atoms with Crippen LogP contribution in [0.1, 0.15) is 45.6 Å². The standard InChI is InChI=1S/C19H27N9/c1-11(2)28-10-23-16-17(24-13-7-12(20)8-22-9-13)26-19(27-18(16)28)25-15-6-4-3-5-14(15)21/h7-11,14-15H,3-6,20-21H2,1-2H3,(H2,24,25,26,27)/t14-,15-/m0/s1. The Bertz CT molecular complexity index is 965. The first-order valence-corrected chi connectivity index (χ1v) is 9.75. The van der Waals surface area contributed by atoms with Crippen LogP contribution in [0.25, 0.3) is 11.2 Å². The highest BCUT2D eigenvalue weighted by atomic mass is 15.2. The van der Waals surface area contributed by atoms with Gasteiger partial charge in [-0.25, -0.2) is 4.98 Å². The molecule has 1 aliphatic carbocycles. The molecule has 0 saturated heterocycles. The van der Waals surface area contributed by atoms with Crippen molar-refractivity contribution in [2.75, 3.05) is 16.4 Å². The SMILES string of the molecule is CC(C)n1cnc2c(Nc3cncc(N)c3)nc(N[C@H]3CCCC[C@@H]3N)nc21. The Balaban J connectivity index is 1.74. The van der Waals surface area contributed by atoms with Crippen molar-refractivity contribution in [3.8, 4) is 0 Å². The highest BCUT2D eigenvalue weighted by Crippen LogP contribution is 2.27. The average Bonchev–Trinajstić information content (AvgIpc) is 3.08. The Labute approximate surface area is 164 Å². The third-order valence-electron chi connectivity index (χ3n) is 5.13. The number of rotatable bonds is 5. The van der Waals surface area contributed by atoms with Crippen LogP contribution in [0.4, 0.5) is 23.1 Å². The highest BCUT2D eigenvalue weighted by Gasteiger charge is 2.23. The Kier molecular flexibility index (Phi) is 4.99. The van der Waals surface area contributed by atoms with E-state index in [1.54, 1.807) is 18.7 Å². The average molecular weight is 381 g/mol. The summed E-state index contributed by atoms with van der Waals surface area (Å²) < 4.78 is 2.03. The van der Waals surface area contributed by atoms with Gasteiger partial charge in [0.1, 0.15) is 0 Å². The topological polar surface area (TPSA) is 133 Å². The summed E-state index contributed by atoms with van der Waals surface area (Å²) >= 11 is 0. The van der Waals surface area contributed by atoms with Crippen LogP contribution in [-0.2, 0) is 0 Å². The molecule has 4 rings (SSSR count). The van der Waals surface area contributed by atoms with Gasteiger partial charge in [0.25, 0.3) is 0 Å². The summed E-state index contributed by atoms with van der Waals surface area (Å²) in [5.74, 6) is 1.17. The largest absolute Gasteiger partial charge is 0.397 e. The van der Waals surface area contributed by atoms with Gasteiger partial charge in [0.2, 0.25) is 5.95 Å². The number of hydrogen-bond donors (Lipinski definition) is 4. The number of nitrogens with zero attached hydrogens (tertiary/aromatic N) is 5. The van der Waals surface area contributed by atoms with E-state index in [4.69, 9.17) is 21.4 Å². The molecule has 0 amide bonds. The van der Waals surface area contributed by atoms with Gasteiger partial charge in [-0.15, -0.1) is 0 Å². The third kappa shape index (κ3) is 3.70. The minimum atomic E-state index is 0.109. The van der Waals surface area contributed by atoms with Gasteiger partial charge in [-0.3, -0.25) is 4.98 Å². The Morgan fingerprint density at radius 3 is 2.75 bits per heavy atom. The molecule has 3 aromatic heterocycles. The van der Waals surface area contributed by atoms with E-state index in [9.17, 15) is 0 Å². The second-order valence-corrected chi connectivity index (χ2v) is 7.64. The predicted molar refractivity (Wildman–Crippen MR) is 111 cm³/mol. The fourth-order valence-corrected chi connectivity index (χ4v) is 3.61. The normalized spacial score (nSPS) is 19.9. The predicted octanol–water partition coefficient (Wildman–Crippen LogP) is 2.81. The van der Waals surface area contributed by atoms with E-state index >= 15 is 0 Å². The molecular formula is C19H27N9. The number of anilines is 4. The molecule has 3 heterocycles. The molecule has 6 N–H and O–H groups in total. The van der Waals surface area contributed by atoms with Crippen LogP contribution < -0.4 is 22.1 Å². The lowest BCUT2D eigenvalue weighted by Crippen LogP contribution is -2.43. The number of nitrogens with one attached hydrogen (secondary N) is 2. The summed E-state index contributed by atoms with van der Waals surface area (Å²) in [5.41, 5.74) is 15.0. The minimum absolute atomic E-state index is 0.109. The van der Waals surface area contributed by atoms with Crippen LogP contribution >= 0.6 is 0 Å². The molecule has 3 aromatic rings. The van der Waals surface area contributed by atoms with Crippen LogP contribution in [0.3, 0.4) is 0 Å². The van der Waals surface area contributed by atoms with E-state index in [0.29, 0.717) is 23.0 Å². The third-order valence-corrected chi connectivity index (χ3v) is 5.13. The van der Waals surface area contributed by atoms with Crippen LogP contribution in [0.2, 0.25) is 0 Å². The summed E-state index contributed by atoms with van der Waals surface area (Å²) in [6.07, 6.45) is 9.48. The molecule has 1 aliphatic rings. The van der Waals surface area contributed by atoms with Crippen molar-refractivity contribution in [3.05, 3.63) is 24.8 Å². The van der Waals surface area contributed by atoms with Crippen LogP contribution in [0, 0.1) is 0 Å². The van der Waals surface area contributed by atoms with Crippen molar-refractivity contribution in [3.63, 3.8) is 0 Å². The first-order valence-electron chi connectivity index (χ1n) is 9.75. The molecule has 0 unspecified atom stereocenters. The molecule has 9 heteroatoms. The van der Waals surface area contributed by atoms with Gasteiger partial charge >= 0.3 is 0 Å². The van der Waals surface area contributed by atoms with Gasteiger partial charge in [0, 0.05) is 24.3 Å². The number of aromatic nitrogens is 5. The second-order valence-electron chi connectivity index (χ2n) is 7.64. The number of nitrogens with two attached hydrogens (primary N) is 2. The smallest absolute Gasteiger partial charge is 0.227 e. The number of fused-ring (bicyclic) bond motifs is 1. The first kappa shape index (κ1) is 18.4. The molecule has 0 aromatic carbocycles. The summed E-state index contributed by atoms with van der Waals surface area (Å²) in [5, 5.41) is 6.74. The zero-order valence-electron chi connectivity index (χ0n) is 16.3. The van der Waals surface area contributed by atoms with Gasteiger partial charge in [-0.2, -0.15) is 9.97 Å². The molecular weight excluding hydrogens is 354 g/mol. The molecule has 2 atom stereocenters. The van der Waals surface area contributed by atoms with Crippen molar-refractivity contribution < 1.29 is 0 Å². The van der Waals surface area contributed by atoms with E-state index in [1.165, 1.54) is 6.42 Å². The van der Waals surface area contributed by atoms with Crippen molar-refractivity contribution in [2.45, 2.75) is 57.7 Å². The van der Waals surface area contributed by atoms with Gasteiger partial charge in [0.15, 0.2) is 17.0 Å². The molecule has 0 radical (unpaired) electrons. The summed E-state index contributed by atoms with van der Waals surface area (Å²) in [4.78, 5) is 18.1. The summed E-state index contributed by atoms with van der Waals surface area (Å²) in [6, 6.07) is 2.32. The van der Waals surface area contributed by atoms with Crippen LogP contribution in [-0.4, -0.2) is 36.6 Å². The molecule has 148 valence electrons. The lowest BCUT2D eigenvalue weighted by atomic mass is 9.91. The molecule has 9 nitrogen and oxygen atoms in total. The highest BCUT2D eigenvalue weighted by molar-refractivity contribution is 5.86. The first-order chi connectivity index (χ1) is 13.5. The van der Waals surface area contributed by atoms with Gasteiger partial charge in [-0.05, 0) is 32.8 Å². The Hall–Kier alpha value is -2.94. The molecule has 0 spiro atoms. The van der Waals surface area contributed by atoms with E-state index in [1.807, 2.05) is 10.6 Å². The lowest BCUT2D eigenvalue weighted by molar-refractivity contribution is 0.402. The number of nitrogen functional groups attached to an aromatic ring is 1. The van der Waals surface area contributed by atoms with Gasteiger partial charge < -0.3 is 26.7 Å². The Morgan fingerprint density at radius 1 is 1.18 bits per heavy atom. The number of imidazole rings is 1.